The Morgan fingerprint density at radius 3 is 0.993 bits per heavy atom. The number of aryl methyl sites for hydroxylation is 1. The van der Waals surface area contributed by atoms with Crippen LogP contribution in [0.15, 0.2) is 166 Å². The summed E-state index contributed by atoms with van der Waals surface area (Å²) in [6, 6.07) is 38.6. The van der Waals surface area contributed by atoms with Gasteiger partial charge in [0.1, 0.15) is 91.8 Å². The van der Waals surface area contributed by atoms with Crippen LogP contribution in [-0.2, 0) is 66.8 Å². The summed E-state index contributed by atoms with van der Waals surface area (Å²) >= 11 is 15.6. The van der Waals surface area contributed by atoms with Crippen molar-refractivity contribution >= 4 is 184 Å². The number of nitrogens with one attached hydrogen (secondary N) is 1. The number of nitrogens with zero attached hydrogens (tertiary/aromatic N) is 5. The zero-order valence-electron chi connectivity index (χ0n) is 85.6. The van der Waals surface area contributed by atoms with Crippen molar-refractivity contribution in [3.63, 3.8) is 0 Å². The molecule has 0 aliphatic carbocycles. The number of aliphatic hydroxyl groups is 1. The molecule has 143 heavy (non-hydrogen) atoms. The number of hydrogen-bond acceptors (Lipinski definition) is 27. The molecule has 4 N–H and O–H groups in total. The van der Waals surface area contributed by atoms with Gasteiger partial charge < -0.3 is 57.9 Å². The first-order valence-corrected chi connectivity index (χ1v) is 52.3. The summed E-state index contributed by atoms with van der Waals surface area (Å²) in [4.78, 5) is 171. The number of anilines is 4. The second-order valence-corrected chi connectivity index (χ2v) is 48.2. The molecule has 4 aromatic carbocycles. The van der Waals surface area contributed by atoms with E-state index in [2.05, 4.69) is 63.1 Å². The lowest BCUT2D eigenvalue weighted by molar-refractivity contribution is -0.169. The number of oxazole rings is 2. The van der Waals surface area contributed by atoms with Gasteiger partial charge in [-0.3, -0.25) is 72.2 Å². The average molecular weight is 2240 g/mol. The van der Waals surface area contributed by atoms with Gasteiger partial charge in [-0.15, -0.1) is 45.3 Å². The van der Waals surface area contributed by atoms with Crippen molar-refractivity contribution in [2.75, 3.05) is 46.3 Å². The summed E-state index contributed by atoms with van der Waals surface area (Å²) in [6.07, 6.45) is 4.45. The number of Topliss-reactive ketones (excluding diaryl/α,β-unsaturated/α-hetero) is 4. The van der Waals surface area contributed by atoms with Crippen molar-refractivity contribution in [3.05, 3.63) is 230 Å². The van der Waals surface area contributed by atoms with E-state index >= 15 is 0 Å². The number of amides is 4. The maximum Gasteiger partial charge on any atom is 0.313 e. The smallest absolute Gasteiger partial charge is 0.313 e. The normalized spacial score (nSPS) is 16.9. The predicted octanol–water partition coefficient (Wildman–Crippen LogP) is 23.9. The zero-order chi connectivity index (χ0) is 107. The van der Waals surface area contributed by atoms with Crippen molar-refractivity contribution in [2.24, 2.45) is 45.3 Å². The van der Waals surface area contributed by atoms with E-state index in [9.17, 15) is 67.7 Å². The number of ether oxygens (including phenoxy) is 6. The quantitative estimate of drug-likeness (QED) is 0.0261. The first-order chi connectivity index (χ1) is 66.6. The van der Waals surface area contributed by atoms with Crippen molar-refractivity contribution in [1.82, 2.24) is 9.97 Å². The van der Waals surface area contributed by atoms with Gasteiger partial charge in [0.2, 0.25) is 29.5 Å². The summed E-state index contributed by atoms with van der Waals surface area (Å²) < 4.78 is 47.6. The fraction of sp³-hybridized carbons (Fsp3) is 0.458. The molecule has 0 spiro atoms. The van der Waals surface area contributed by atoms with Gasteiger partial charge in [0.25, 0.3) is 0 Å². The molecule has 6 aromatic heterocycles. The summed E-state index contributed by atoms with van der Waals surface area (Å²) in [6.45, 7) is 47.7. The van der Waals surface area contributed by atoms with Gasteiger partial charge >= 0.3 is 23.9 Å². The molecule has 29 nitrogen and oxygen atoms in total. The highest BCUT2D eigenvalue weighted by atomic mass is 79.9. The van der Waals surface area contributed by atoms with E-state index in [1.54, 1.807) is 107 Å². The highest BCUT2D eigenvalue weighted by Crippen LogP contribution is 2.54. The summed E-state index contributed by atoms with van der Waals surface area (Å²) in [7, 11) is 0. The van der Waals surface area contributed by atoms with Crippen LogP contribution >= 0.6 is 93.1 Å². The summed E-state index contributed by atoms with van der Waals surface area (Å²) in [5, 5.41) is 33.6. The van der Waals surface area contributed by atoms with E-state index in [4.69, 9.17) is 42.4 Å². The van der Waals surface area contributed by atoms with Crippen LogP contribution in [0.5, 0.6) is 0 Å². The molecule has 10 aromatic rings. The van der Waals surface area contributed by atoms with Crippen molar-refractivity contribution in [2.45, 2.75) is 247 Å². The van der Waals surface area contributed by atoms with Crippen molar-refractivity contribution in [1.29, 1.82) is 0 Å². The van der Waals surface area contributed by atoms with Crippen LogP contribution in [0.3, 0.4) is 0 Å². The highest BCUT2D eigenvalue weighted by molar-refractivity contribution is 9.11. The van der Waals surface area contributed by atoms with Gasteiger partial charge in [0, 0.05) is 6.92 Å². The molecule has 36 heteroatoms. The molecule has 4 amide bonds. The number of thiophene rings is 4. The van der Waals surface area contributed by atoms with Gasteiger partial charge in [-0.05, 0) is 272 Å². The summed E-state index contributed by atoms with van der Waals surface area (Å²) in [5.74, 6) is -11.1. The molecule has 8 atom stereocenters. The second-order valence-electron chi connectivity index (χ2n) is 40.2. The Morgan fingerprint density at radius 1 is 0.399 bits per heavy atom. The Kier molecular flexibility index (Phi) is 39.4. The first-order valence-electron chi connectivity index (χ1n) is 46.7. The molecular formula is C107H129Br3N6O23S4. The fourth-order valence-corrected chi connectivity index (χ4v) is 22.7. The van der Waals surface area contributed by atoms with Gasteiger partial charge in [-0.25, -0.2) is 9.97 Å². The second kappa shape index (κ2) is 48.4. The highest BCUT2D eigenvalue weighted by Gasteiger charge is 2.58. The standard InChI is InChI=1S/C27H34BrNO5S.C26H28N2O6S.C23H26BrNO5S.C16H20BrNO4S.C11H16O2.C4H5NO/c1-15(2)33-18(17-12-10-9-11-13-17)14-29-23(31)20(27(7,8)25(32)34-26(4,5)6)21(30)19-16(3)22(28)35-24(19)29;1-14(2)34-17(16-9-7-6-8-10-16)13-28-23(30)19(26(4,5)25(31)32)20(29)18-15(3)21(35-24(18)28)22-27-11-12-33-22;1-12(2)30-15(14-9-7-6-8-10-14)11-25-20(27)17(23(4,5)22(28)29)18(26)16-13(3)19(24)31-21(16)25;1-7-8-10(19)9(12(20)18-13(8)23-11(7)17)16(5,6)14(21)22-15(2,3)4;1-9(2)13-11(8-12)10-6-4-3-5-7-10;1-4-5-2-3-6-4/h9-13,15,18,20H,14H2,1-8H3;6-12,14,17,19H,13H2,1-5H3,(H,31,32);6-10,12,15,17H,11H2,1-5H3,(H,28,29);9H,1-6H3,(H,18,20);3-7,9,11-12H,8H2,1-2H3;2-3H,1H3/t18-,20?;17-,19?;15-,17?;;11-;/m000.0./s1. The molecule has 14 rings (SSSR count). The van der Waals surface area contributed by atoms with Gasteiger partial charge in [0.15, 0.2) is 29.0 Å². The van der Waals surface area contributed by atoms with Crippen molar-refractivity contribution in [3.8, 4) is 10.8 Å². The van der Waals surface area contributed by atoms with Crippen LogP contribution in [0, 0.1) is 80.0 Å². The minimum absolute atomic E-state index is 0.0300. The zero-order valence-corrected chi connectivity index (χ0v) is 93.6. The molecule has 770 valence electrons. The average Bonchev–Trinajstić information content (AvgIpc) is 1.60. The van der Waals surface area contributed by atoms with E-state index in [1.165, 1.54) is 95.3 Å². The lowest BCUT2D eigenvalue weighted by Crippen LogP contribution is -2.54. The number of halogens is 3. The number of carbonyl (C=O) groups is 12. The molecule has 10 heterocycles. The first kappa shape index (κ1) is 116. The van der Waals surface area contributed by atoms with E-state index < -0.39 is 134 Å². The largest absolute Gasteiger partial charge is 0.481 e. The molecular weight excluding hydrogens is 2110 g/mol. The fourth-order valence-electron chi connectivity index (χ4n) is 16.3. The minimum atomic E-state index is -1.61. The van der Waals surface area contributed by atoms with E-state index in [0.717, 1.165) is 56.2 Å². The maximum atomic E-state index is 14.0. The van der Waals surface area contributed by atoms with Crippen LogP contribution in [0.4, 0.5) is 20.0 Å². The summed E-state index contributed by atoms with van der Waals surface area (Å²) in [5.41, 5.74) is 1.10. The van der Waals surface area contributed by atoms with E-state index in [-0.39, 0.29) is 68.3 Å². The van der Waals surface area contributed by atoms with E-state index in [0.29, 0.717) is 58.6 Å². The van der Waals surface area contributed by atoms with Gasteiger partial charge in [0.05, 0.1) is 123 Å². The Labute approximate surface area is 876 Å². The molecule has 4 aliphatic rings. The lowest BCUT2D eigenvalue weighted by atomic mass is 9.72. The minimum Gasteiger partial charge on any atom is -0.481 e. The third-order valence-corrected chi connectivity index (χ3v) is 31.6. The molecule has 0 radical (unpaired) electrons. The number of rotatable bonds is 28. The lowest BCUT2D eigenvalue weighted by Gasteiger charge is -2.40. The van der Waals surface area contributed by atoms with Gasteiger partial charge in [-0.1, -0.05) is 121 Å². The van der Waals surface area contributed by atoms with Gasteiger partial charge in [-0.2, -0.15) is 0 Å². The number of fused-ring (bicyclic) bond motifs is 4. The predicted molar refractivity (Wildman–Crippen MR) is 564 cm³/mol. The number of aromatic nitrogens is 2. The molecule has 4 aliphatic heterocycles. The SMILES string of the molecule is CC(C)O[C@@H](CO)c1ccccc1.Cc1c(-c2ncco2)sc2c1C(=O)C(C(C)(C)C(=O)O)C(=O)N2C[C@H](OC(C)C)c1ccccc1.Cc1c(Br)sc2c1C(=O)C(C(C)(C)C(=O)O)C(=O)N2C[C@H](OC(C)C)c1ccccc1.Cc1c(Br)sc2c1C(=O)C(C(C)(C)C(=O)OC(C)(C)C)C(=O)N2.Cc1c(Br)sc2c1C(=O)C(C(C)(C)C(=O)OC(C)(C)C)C(=O)N2C[C@H](OC(C)C)c1ccccc1.Cc1ncco1. The molecule has 0 bridgehead atoms. The maximum absolute atomic E-state index is 14.0. The topological polar surface area (TPSA) is 395 Å². The number of ketones is 4. The van der Waals surface area contributed by atoms with Crippen LogP contribution in [0.1, 0.15) is 269 Å². The van der Waals surface area contributed by atoms with E-state index in [1.807, 2.05) is 191 Å². The Hall–Kier alpha value is -10.2. The van der Waals surface area contributed by atoms with Crippen LogP contribution in [0.25, 0.3) is 10.8 Å². The number of aliphatic carboxylic acids is 2. The number of esters is 2. The third kappa shape index (κ3) is 27.6. The number of benzene rings is 4. The Morgan fingerprint density at radius 2 is 0.692 bits per heavy atom. The van der Waals surface area contributed by atoms with Crippen LogP contribution < -0.4 is 20.0 Å². The van der Waals surface area contributed by atoms with Crippen molar-refractivity contribution < 1.29 is 110 Å². The number of carbonyl (C=O) groups excluding carboxylic acids is 10. The molecule has 0 saturated carbocycles. The molecule has 4 unspecified atom stereocenters. The molecule has 0 saturated heterocycles. The number of aliphatic hydroxyl groups excluding tert-OH is 1. The van der Waals surface area contributed by atoms with Crippen LogP contribution in [0.2, 0.25) is 0 Å². The van der Waals surface area contributed by atoms with Crippen LogP contribution in [-0.4, -0.2) is 158 Å². The Bertz CT molecular complexity index is 6190. The monoisotopic (exact) mass is 2230 g/mol. The number of carboxylic acid groups (broad SMARTS) is 2. The number of hydrogen-bond donors (Lipinski definition) is 4. The molecule has 0 fully saturated rings. The Balaban J connectivity index is 0.000000201. The third-order valence-electron chi connectivity index (χ3n) is 23.8. The number of carboxylic acids is 2.